The van der Waals surface area contributed by atoms with Crippen LogP contribution in [0.2, 0.25) is 0 Å². The van der Waals surface area contributed by atoms with Crippen LogP contribution in [-0.4, -0.2) is 4.98 Å². The average molecular weight is 173 g/mol. The van der Waals surface area contributed by atoms with Crippen molar-refractivity contribution in [3.05, 3.63) is 29.6 Å². The van der Waals surface area contributed by atoms with Crippen LogP contribution in [0.25, 0.3) is 0 Å². The molecule has 0 radical (unpaired) electrons. The molecule has 0 saturated heterocycles. The van der Waals surface area contributed by atoms with Gasteiger partial charge in [-0.1, -0.05) is 19.9 Å². The molecule has 0 aliphatic heterocycles. The smallest absolute Gasteiger partial charge is 0.255 e. The Kier molecular flexibility index (Phi) is 5.17. The Labute approximate surface area is 71.4 Å². The highest BCUT2D eigenvalue weighted by Crippen LogP contribution is 2.15. The van der Waals surface area contributed by atoms with Gasteiger partial charge in [-0.3, -0.25) is 4.98 Å². The molecule has 0 unspecified atom stereocenters. The van der Waals surface area contributed by atoms with Gasteiger partial charge in [0.05, 0.1) is 0 Å². The predicted octanol–water partition coefficient (Wildman–Crippen LogP) is 3.35. The summed E-state index contributed by atoms with van der Waals surface area (Å²) in [4.78, 5) is 3.53. The number of halogens is 2. The first-order valence-corrected chi connectivity index (χ1v) is 3.91. The van der Waals surface area contributed by atoms with Gasteiger partial charge < -0.3 is 0 Å². The highest BCUT2D eigenvalue weighted by atomic mass is 19.3. The van der Waals surface area contributed by atoms with E-state index in [-0.39, 0.29) is 5.69 Å². The first-order valence-electron chi connectivity index (χ1n) is 3.91. The molecule has 68 valence electrons. The van der Waals surface area contributed by atoms with Crippen molar-refractivity contribution in [1.29, 1.82) is 0 Å². The van der Waals surface area contributed by atoms with Gasteiger partial charge in [-0.15, -0.1) is 0 Å². The zero-order valence-corrected chi connectivity index (χ0v) is 7.51. The van der Waals surface area contributed by atoms with E-state index < -0.39 is 6.43 Å². The Morgan fingerprint density at radius 2 is 1.83 bits per heavy atom. The van der Waals surface area contributed by atoms with Gasteiger partial charge in [0.15, 0.2) is 0 Å². The number of nitrogens with zero attached hydrogens (tertiary/aromatic N) is 1. The van der Waals surface area contributed by atoms with E-state index in [1.165, 1.54) is 12.3 Å². The molecule has 0 aliphatic carbocycles. The fourth-order valence-electron chi connectivity index (χ4n) is 0.608. The van der Waals surface area contributed by atoms with Gasteiger partial charge in [0.25, 0.3) is 6.43 Å². The fraction of sp³-hybridized carbons (Fsp3) is 0.444. The van der Waals surface area contributed by atoms with Gasteiger partial charge >= 0.3 is 0 Å². The van der Waals surface area contributed by atoms with Crippen LogP contribution in [0.5, 0.6) is 0 Å². The first kappa shape index (κ1) is 11.0. The summed E-state index contributed by atoms with van der Waals surface area (Å²) in [5.74, 6) is 0. The van der Waals surface area contributed by atoms with Crippen LogP contribution in [0.4, 0.5) is 8.78 Å². The maximum Gasteiger partial charge on any atom is 0.280 e. The van der Waals surface area contributed by atoms with Crippen molar-refractivity contribution in [3.63, 3.8) is 0 Å². The number of hydrogen-bond acceptors (Lipinski definition) is 1. The lowest BCUT2D eigenvalue weighted by Crippen LogP contribution is -1.88. The molecule has 0 amide bonds. The summed E-state index contributed by atoms with van der Waals surface area (Å²) in [6.07, 6.45) is -1.03. The van der Waals surface area contributed by atoms with Crippen LogP contribution in [0, 0.1) is 6.92 Å². The van der Waals surface area contributed by atoms with E-state index in [4.69, 9.17) is 0 Å². The van der Waals surface area contributed by atoms with E-state index in [0.29, 0.717) is 0 Å². The minimum atomic E-state index is -2.46. The third-order valence-electron chi connectivity index (χ3n) is 1.16. The van der Waals surface area contributed by atoms with E-state index in [9.17, 15) is 8.78 Å². The van der Waals surface area contributed by atoms with Crippen LogP contribution in [-0.2, 0) is 0 Å². The molecule has 1 aromatic heterocycles. The van der Waals surface area contributed by atoms with Crippen LogP contribution >= 0.6 is 0 Å². The number of alkyl halides is 2. The molecule has 0 saturated carbocycles. The third kappa shape index (κ3) is 3.42. The van der Waals surface area contributed by atoms with Gasteiger partial charge in [-0.2, -0.15) is 0 Å². The summed E-state index contributed by atoms with van der Waals surface area (Å²) >= 11 is 0. The lowest BCUT2D eigenvalue weighted by Gasteiger charge is -1.96. The van der Waals surface area contributed by atoms with Crippen molar-refractivity contribution in [1.82, 2.24) is 4.98 Å². The van der Waals surface area contributed by atoms with E-state index in [1.807, 2.05) is 20.8 Å². The van der Waals surface area contributed by atoms with Crippen molar-refractivity contribution >= 4 is 0 Å². The highest BCUT2D eigenvalue weighted by Gasteiger charge is 2.05. The lowest BCUT2D eigenvalue weighted by molar-refractivity contribution is 0.146. The maximum absolute atomic E-state index is 11.8. The lowest BCUT2D eigenvalue weighted by atomic mass is 10.3. The second-order valence-electron chi connectivity index (χ2n) is 2.06. The molecule has 0 aromatic carbocycles. The molecular weight excluding hydrogens is 160 g/mol. The number of rotatable bonds is 1. The van der Waals surface area contributed by atoms with Crippen molar-refractivity contribution < 1.29 is 8.78 Å². The van der Waals surface area contributed by atoms with E-state index in [0.717, 1.165) is 5.56 Å². The number of aromatic nitrogens is 1. The SMILES string of the molecule is CC.Cc1ccc(C(F)F)nc1. The van der Waals surface area contributed by atoms with Crippen molar-refractivity contribution in [2.24, 2.45) is 0 Å². The summed E-state index contributed by atoms with van der Waals surface area (Å²) in [6, 6.07) is 2.95. The molecule has 0 N–H and O–H groups in total. The minimum Gasteiger partial charge on any atom is -0.255 e. The monoisotopic (exact) mass is 173 g/mol. The zero-order chi connectivity index (χ0) is 9.56. The third-order valence-corrected chi connectivity index (χ3v) is 1.16. The first-order chi connectivity index (χ1) is 5.70. The average Bonchev–Trinajstić information content (AvgIpc) is 2.09. The Morgan fingerprint density at radius 1 is 1.25 bits per heavy atom. The fourth-order valence-corrected chi connectivity index (χ4v) is 0.608. The highest BCUT2D eigenvalue weighted by molar-refractivity contribution is 5.12. The van der Waals surface area contributed by atoms with Gasteiger partial charge in [-0.25, -0.2) is 8.78 Å². The molecule has 1 nitrogen and oxygen atoms in total. The van der Waals surface area contributed by atoms with Crippen molar-refractivity contribution in [3.8, 4) is 0 Å². The van der Waals surface area contributed by atoms with Gasteiger partial charge in [0, 0.05) is 6.20 Å². The molecule has 3 heteroatoms. The zero-order valence-electron chi connectivity index (χ0n) is 7.51. The van der Waals surface area contributed by atoms with Crippen LogP contribution in [0.3, 0.4) is 0 Å². The summed E-state index contributed by atoms with van der Waals surface area (Å²) in [5, 5.41) is 0. The van der Waals surface area contributed by atoms with E-state index in [2.05, 4.69) is 4.98 Å². The molecule has 0 spiro atoms. The van der Waals surface area contributed by atoms with Crippen LogP contribution in [0.1, 0.15) is 31.5 Å². The quantitative estimate of drug-likeness (QED) is 0.634. The van der Waals surface area contributed by atoms with Gasteiger partial charge in [-0.05, 0) is 18.6 Å². The number of aryl methyl sites for hydroxylation is 1. The summed E-state index contributed by atoms with van der Waals surface area (Å²) in [7, 11) is 0. The maximum atomic E-state index is 11.8. The molecule has 1 heterocycles. The summed E-state index contributed by atoms with van der Waals surface area (Å²) in [5.41, 5.74) is 0.731. The van der Waals surface area contributed by atoms with Crippen LogP contribution < -0.4 is 0 Å². The van der Waals surface area contributed by atoms with Crippen molar-refractivity contribution in [2.45, 2.75) is 27.2 Å². The standard InChI is InChI=1S/C7H7F2N.C2H6/c1-5-2-3-6(7(8)9)10-4-5;1-2/h2-4,7H,1H3;1-2H3. The minimum absolute atomic E-state index is 0.161. The van der Waals surface area contributed by atoms with Gasteiger partial charge in [0.2, 0.25) is 0 Å². The second kappa shape index (κ2) is 5.63. The number of pyridine rings is 1. The Bertz CT molecular complexity index is 206. The van der Waals surface area contributed by atoms with Gasteiger partial charge in [0.1, 0.15) is 5.69 Å². The topological polar surface area (TPSA) is 12.9 Å². The summed E-state index contributed by atoms with van der Waals surface area (Å²) < 4.78 is 23.7. The molecule has 0 aliphatic rings. The molecular formula is C9H13F2N. The largest absolute Gasteiger partial charge is 0.280 e. The Balaban J connectivity index is 0.000000561. The van der Waals surface area contributed by atoms with Crippen LogP contribution in [0.15, 0.2) is 18.3 Å². The Hall–Kier alpha value is -0.990. The molecule has 12 heavy (non-hydrogen) atoms. The molecule has 0 fully saturated rings. The second-order valence-corrected chi connectivity index (χ2v) is 2.06. The van der Waals surface area contributed by atoms with E-state index >= 15 is 0 Å². The molecule has 1 rings (SSSR count). The summed E-state index contributed by atoms with van der Waals surface area (Å²) in [6.45, 7) is 5.81. The Morgan fingerprint density at radius 3 is 2.17 bits per heavy atom. The molecule has 1 aromatic rings. The predicted molar refractivity (Wildman–Crippen MR) is 45.3 cm³/mol. The number of hydrogen-bond donors (Lipinski definition) is 0. The van der Waals surface area contributed by atoms with E-state index in [1.54, 1.807) is 6.07 Å². The molecule has 0 bridgehead atoms. The molecule has 0 atom stereocenters. The normalized spacial score (nSPS) is 9.17. The van der Waals surface area contributed by atoms with Crippen molar-refractivity contribution in [2.75, 3.05) is 0 Å².